The Hall–Kier alpha value is -2.54. The van der Waals surface area contributed by atoms with Crippen LogP contribution in [0.1, 0.15) is 18.5 Å². The molecular weight excluding hydrogens is 294 g/mol. The number of hydrogen-bond donors (Lipinski definition) is 0. The lowest BCUT2D eigenvalue weighted by Gasteiger charge is -2.38. The lowest BCUT2D eigenvalue weighted by molar-refractivity contribution is -0.384. The predicted molar refractivity (Wildman–Crippen MR) is 87.3 cm³/mol. The van der Waals surface area contributed by atoms with E-state index < -0.39 is 0 Å². The highest BCUT2D eigenvalue weighted by Crippen LogP contribution is 2.25. The van der Waals surface area contributed by atoms with Gasteiger partial charge in [0.25, 0.3) is 5.69 Å². The van der Waals surface area contributed by atoms with E-state index in [0.717, 1.165) is 37.7 Å². The first-order chi connectivity index (χ1) is 11.1. The van der Waals surface area contributed by atoms with Crippen LogP contribution in [0.3, 0.4) is 0 Å². The molecule has 0 amide bonds. The monoisotopic (exact) mass is 313 g/mol. The molecule has 1 aromatic carbocycles. The zero-order chi connectivity index (χ0) is 16.2. The van der Waals surface area contributed by atoms with E-state index in [1.54, 1.807) is 24.5 Å². The van der Waals surface area contributed by atoms with Gasteiger partial charge >= 0.3 is 0 Å². The van der Waals surface area contributed by atoms with Crippen molar-refractivity contribution in [3.63, 3.8) is 0 Å². The molecular formula is C16H19N5O2. The second-order valence-corrected chi connectivity index (χ2v) is 5.60. The molecule has 120 valence electrons. The summed E-state index contributed by atoms with van der Waals surface area (Å²) in [4.78, 5) is 23.6. The molecule has 7 heteroatoms. The number of piperazine rings is 1. The van der Waals surface area contributed by atoms with Gasteiger partial charge < -0.3 is 4.90 Å². The zero-order valence-corrected chi connectivity index (χ0v) is 13.0. The molecule has 3 rings (SSSR count). The van der Waals surface area contributed by atoms with Gasteiger partial charge in [-0.05, 0) is 18.6 Å². The zero-order valence-electron chi connectivity index (χ0n) is 13.0. The van der Waals surface area contributed by atoms with Crippen LogP contribution >= 0.6 is 0 Å². The van der Waals surface area contributed by atoms with Crippen LogP contribution in [0.2, 0.25) is 0 Å². The number of nitro benzene ring substituents is 1. The third-order valence-electron chi connectivity index (χ3n) is 4.26. The molecule has 0 radical (unpaired) electrons. The van der Waals surface area contributed by atoms with E-state index >= 15 is 0 Å². The number of non-ortho nitro benzene ring substituents is 1. The van der Waals surface area contributed by atoms with Crippen molar-refractivity contribution in [2.45, 2.75) is 13.0 Å². The molecule has 0 aliphatic carbocycles. The Morgan fingerprint density at radius 2 is 1.83 bits per heavy atom. The van der Waals surface area contributed by atoms with Gasteiger partial charge in [-0.1, -0.05) is 12.1 Å². The quantitative estimate of drug-likeness (QED) is 0.636. The molecule has 2 heterocycles. The number of benzene rings is 1. The lowest BCUT2D eigenvalue weighted by Crippen LogP contribution is -2.47. The summed E-state index contributed by atoms with van der Waals surface area (Å²) in [5.74, 6) is 0.759. The summed E-state index contributed by atoms with van der Waals surface area (Å²) in [6.07, 6.45) is 3.50. The van der Waals surface area contributed by atoms with Crippen molar-refractivity contribution in [3.05, 3.63) is 58.4 Å². The van der Waals surface area contributed by atoms with E-state index in [-0.39, 0.29) is 16.7 Å². The Balaban J connectivity index is 1.65. The normalized spacial score (nSPS) is 17.0. The minimum absolute atomic E-state index is 0.144. The molecule has 0 unspecified atom stereocenters. The smallest absolute Gasteiger partial charge is 0.269 e. The predicted octanol–water partition coefficient (Wildman–Crippen LogP) is 2.27. The number of rotatable bonds is 4. The van der Waals surface area contributed by atoms with Gasteiger partial charge in [0, 0.05) is 56.7 Å². The Kier molecular flexibility index (Phi) is 4.47. The molecule has 1 saturated heterocycles. The van der Waals surface area contributed by atoms with Gasteiger partial charge in [0.05, 0.1) is 4.92 Å². The maximum absolute atomic E-state index is 10.9. The Morgan fingerprint density at radius 3 is 2.48 bits per heavy atom. The van der Waals surface area contributed by atoms with Crippen molar-refractivity contribution in [2.75, 3.05) is 31.1 Å². The van der Waals surface area contributed by atoms with Gasteiger partial charge in [-0.15, -0.1) is 0 Å². The van der Waals surface area contributed by atoms with Crippen LogP contribution in [0.4, 0.5) is 11.6 Å². The largest absolute Gasteiger partial charge is 0.338 e. The van der Waals surface area contributed by atoms with E-state index in [0.29, 0.717) is 0 Å². The Labute approximate surface area is 134 Å². The molecule has 1 fully saturated rings. The van der Waals surface area contributed by atoms with Crippen molar-refractivity contribution in [2.24, 2.45) is 0 Å². The summed E-state index contributed by atoms with van der Waals surface area (Å²) in [5, 5.41) is 10.9. The molecule has 1 aliphatic heterocycles. The topological polar surface area (TPSA) is 75.4 Å². The first-order valence-corrected chi connectivity index (χ1v) is 7.65. The fourth-order valence-corrected chi connectivity index (χ4v) is 2.87. The van der Waals surface area contributed by atoms with Gasteiger partial charge in [0.2, 0.25) is 5.95 Å². The highest BCUT2D eigenvalue weighted by Gasteiger charge is 2.24. The van der Waals surface area contributed by atoms with Gasteiger partial charge in [0.1, 0.15) is 0 Å². The number of hydrogen-bond acceptors (Lipinski definition) is 6. The summed E-state index contributed by atoms with van der Waals surface area (Å²) in [6, 6.07) is 8.85. The first kappa shape index (κ1) is 15.4. The van der Waals surface area contributed by atoms with Gasteiger partial charge in [-0.25, -0.2) is 9.97 Å². The van der Waals surface area contributed by atoms with Crippen molar-refractivity contribution in [1.29, 1.82) is 0 Å². The molecule has 2 aromatic rings. The lowest BCUT2D eigenvalue weighted by atomic mass is 10.1. The van der Waals surface area contributed by atoms with Crippen molar-refractivity contribution >= 4 is 11.6 Å². The summed E-state index contributed by atoms with van der Waals surface area (Å²) in [6.45, 7) is 5.55. The number of anilines is 1. The van der Waals surface area contributed by atoms with Crippen molar-refractivity contribution in [1.82, 2.24) is 14.9 Å². The maximum atomic E-state index is 10.9. The molecule has 1 aliphatic rings. The van der Waals surface area contributed by atoms with E-state index in [1.807, 2.05) is 12.1 Å². The van der Waals surface area contributed by atoms with Crippen LogP contribution in [-0.2, 0) is 0 Å². The second kappa shape index (κ2) is 6.70. The minimum Gasteiger partial charge on any atom is -0.338 e. The van der Waals surface area contributed by atoms with Gasteiger partial charge in [-0.3, -0.25) is 15.0 Å². The van der Waals surface area contributed by atoms with Crippen LogP contribution in [0.25, 0.3) is 0 Å². The van der Waals surface area contributed by atoms with E-state index in [9.17, 15) is 10.1 Å². The van der Waals surface area contributed by atoms with Gasteiger partial charge in [-0.2, -0.15) is 0 Å². The standard InChI is InChI=1S/C16H19N5O2/c1-13(14-4-2-5-15(12-14)21(22)23)19-8-10-20(11-9-19)16-17-6-3-7-18-16/h2-7,12-13H,8-11H2,1H3/t13-/m1/s1. The number of nitro groups is 1. The molecule has 7 nitrogen and oxygen atoms in total. The summed E-state index contributed by atoms with van der Waals surface area (Å²) >= 11 is 0. The Bertz CT molecular complexity index is 671. The van der Waals surface area contributed by atoms with Crippen LogP contribution in [0.15, 0.2) is 42.7 Å². The van der Waals surface area contributed by atoms with E-state index in [4.69, 9.17) is 0 Å². The van der Waals surface area contributed by atoms with E-state index in [1.165, 1.54) is 6.07 Å². The molecule has 0 N–H and O–H groups in total. The van der Waals surface area contributed by atoms with Crippen molar-refractivity contribution < 1.29 is 4.92 Å². The molecule has 0 spiro atoms. The molecule has 0 bridgehead atoms. The number of aromatic nitrogens is 2. The molecule has 1 atom stereocenters. The molecule has 1 aromatic heterocycles. The molecule has 23 heavy (non-hydrogen) atoms. The molecule has 0 saturated carbocycles. The minimum atomic E-state index is -0.346. The van der Waals surface area contributed by atoms with Gasteiger partial charge in [0.15, 0.2) is 0 Å². The summed E-state index contributed by atoms with van der Waals surface area (Å²) in [7, 11) is 0. The fraction of sp³-hybridized carbons (Fsp3) is 0.375. The number of nitrogens with zero attached hydrogens (tertiary/aromatic N) is 5. The average Bonchev–Trinajstić information content (AvgIpc) is 2.62. The van der Waals surface area contributed by atoms with Crippen LogP contribution in [0, 0.1) is 10.1 Å². The third-order valence-corrected chi connectivity index (χ3v) is 4.26. The van der Waals surface area contributed by atoms with Crippen molar-refractivity contribution in [3.8, 4) is 0 Å². The van der Waals surface area contributed by atoms with Crippen LogP contribution < -0.4 is 4.90 Å². The summed E-state index contributed by atoms with van der Waals surface area (Å²) < 4.78 is 0. The average molecular weight is 313 g/mol. The van der Waals surface area contributed by atoms with Crippen LogP contribution in [0.5, 0.6) is 0 Å². The SMILES string of the molecule is C[C@H](c1cccc([N+](=O)[O-])c1)N1CCN(c2ncccn2)CC1. The fourth-order valence-electron chi connectivity index (χ4n) is 2.87. The third kappa shape index (κ3) is 3.45. The Morgan fingerprint density at radius 1 is 1.13 bits per heavy atom. The second-order valence-electron chi connectivity index (χ2n) is 5.60. The highest BCUT2D eigenvalue weighted by atomic mass is 16.6. The first-order valence-electron chi connectivity index (χ1n) is 7.65. The summed E-state index contributed by atoms with van der Waals surface area (Å²) in [5.41, 5.74) is 1.12. The van der Waals surface area contributed by atoms with Crippen LogP contribution in [-0.4, -0.2) is 46.0 Å². The highest BCUT2D eigenvalue weighted by molar-refractivity contribution is 5.36. The maximum Gasteiger partial charge on any atom is 0.269 e. The van der Waals surface area contributed by atoms with E-state index in [2.05, 4.69) is 26.7 Å².